The van der Waals surface area contributed by atoms with Crippen LogP contribution in [-0.4, -0.2) is 33.7 Å². The lowest BCUT2D eigenvalue weighted by Gasteiger charge is -2.23. The quantitative estimate of drug-likeness (QED) is 0.363. The lowest BCUT2D eigenvalue weighted by atomic mass is 9.96. The zero-order chi connectivity index (χ0) is 23.9. The third-order valence-corrected chi connectivity index (χ3v) is 5.12. The predicted molar refractivity (Wildman–Crippen MR) is 120 cm³/mol. The average molecular weight is 446 g/mol. The first-order valence-corrected chi connectivity index (χ1v) is 10.9. The number of hydrogen-bond acceptors (Lipinski definition) is 5. The summed E-state index contributed by atoms with van der Waals surface area (Å²) in [5.41, 5.74) is -0.277. The largest absolute Gasteiger partial charge is 0.478 e. The molecule has 0 aliphatic heterocycles. The summed E-state index contributed by atoms with van der Waals surface area (Å²) in [7, 11) is 0. The molecule has 174 valence electrons. The molecule has 0 radical (unpaired) electrons. The Kier molecular flexibility index (Phi) is 8.69. The molecular formula is C24H32FN3O4. The fraction of sp³-hybridized carbons (Fsp3) is 0.500. The first-order chi connectivity index (χ1) is 15.1. The Labute approximate surface area is 188 Å². The number of carboxylic acids is 1. The number of amides is 1. The Bertz CT molecular complexity index is 949. The van der Waals surface area contributed by atoms with Crippen molar-refractivity contribution in [2.45, 2.75) is 71.1 Å². The molecule has 0 spiro atoms. The molecule has 1 aromatic carbocycles. The topological polar surface area (TPSA) is 96.5 Å². The van der Waals surface area contributed by atoms with Gasteiger partial charge in [-0.1, -0.05) is 45.3 Å². The number of aromatic carboxylic acids is 1. The molecule has 2 rings (SSSR count). The van der Waals surface area contributed by atoms with Crippen LogP contribution in [0.15, 0.2) is 35.4 Å². The number of nitrogens with zero attached hydrogens (tertiary/aromatic N) is 3. The van der Waals surface area contributed by atoms with Gasteiger partial charge >= 0.3 is 5.97 Å². The van der Waals surface area contributed by atoms with Gasteiger partial charge in [-0.3, -0.25) is 4.79 Å². The van der Waals surface area contributed by atoms with Crippen LogP contribution in [0, 0.1) is 5.82 Å². The van der Waals surface area contributed by atoms with Crippen molar-refractivity contribution < 1.29 is 23.6 Å². The number of benzene rings is 1. The van der Waals surface area contributed by atoms with Crippen LogP contribution in [0.3, 0.4) is 0 Å². The van der Waals surface area contributed by atoms with Gasteiger partial charge in [-0.05, 0) is 37.5 Å². The number of allylic oxidation sites excluding steroid dienone is 1. The molecule has 1 atom stereocenters. The van der Waals surface area contributed by atoms with Crippen molar-refractivity contribution in [1.82, 2.24) is 10.1 Å². The number of halogens is 1. The minimum atomic E-state index is -1.37. The zero-order valence-corrected chi connectivity index (χ0v) is 19.2. The molecule has 1 N–H and O–H groups in total. The van der Waals surface area contributed by atoms with Crippen molar-refractivity contribution in [3.8, 4) is 0 Å². The lowest BCUT2D eigenvalue weighted by molar-refractivity contribution is -0.118. The van der Waals surface area contributed by atoms with Crippen molar-refractivity contribution in [3.05, 3.63) is 53.9 Å². The maximum atomic E-state index is 13.8. The van der Waals surface area contributed by atoms with E-state index in [2.05, 4.69) is 16.7 Å². The molecule has 1 aromatic heterocycles. The van der Waals surface area contributed by atoms with Crippen LogP contribution in [0.2, 0.25) is 0 Å². The van der Waals surface area contributed by atoms with Crippen molar-refractivity contribution in [2.24, 2.45) is 0 Å². The maximum Gasteiger partial charge on any atom is 0.338 e. The minimum absolute atomic E-state index is 0.0946. The summed E-state index contributed by atoms with van der Waals surface area (Å²) in [4.78, 5) is 30.0. The van der Waals surface area contributed by atoms with E-state index < -0.39 is 17.3 Å². The van der Waals surface area contributed by atoms with Crippen LogP contribution in [-0.2, 0) is 10.2 Å². The van der Waals surface area contributed by atoms with E-state index in [-0.39, 0.29) is 17.2 Å². The molecule has 7 nitrogen and oxygen atoms in total. The second-order valence-corrected chi connectivity index (χ2v) is 8.81. The van der Waals surface area contributed by atoms with Gasteiger partial charge in [0.15, 0.2) is 5.82 Å². The van der Waals surface area contributed by atoms with E-state index >= 15 is 0 Å². The van der Waals surface area contributed by atoms with Crippen LogP contribution >= 0.6 is 0 Å². The van der Waals surface area contributed by atoms with E-state index in [0.717, 1.165) is 18.9 Å². The molecule has 1 unspecified atom stereocenters. The van der Waals surface area contributed by atoms with Crippen LogP contribution in [0.1, 0.15) is 87.8 Å². The summed E-state index contributed by atoms with van der Waals surface area (Å²) in [5.74, 6) is -1.25. The Balaban J connectivity index is 2.06. The Morgan fingerprint density at radius 2 is 2.03 bits per heavy atom. The first kappa shape index (κ1) is 25.2. The number of unbranched alkanes of at least 4 members (excludes halogenated alkanes) is 1. The summed E-state index contributed by atoms with van der Waals surface area (Å²) in [6, 6.07) is 3.74. The second-order valence-electron chi connectivity index (χ2n) is 8.81. The highest BCUT2D eigenvalue weighted by molar-refractivity contribution is 5.95. The van der Waals surface area contributed by atoms with Gasteiger partial charge in [-0.2, -0.15) is 4.98 Å². The maximum absolute atomic E-state index is 13.8. The van der Waals surface area contributed by atoms with Gasteiger partial charge in [-0.15, -0.1) is 6.58 Å². The van der Waals surface area contributed by atoms with E-state index in [0.29, 0.717) is 43.2 Å². The molecule has 8 heteroatoms. The predicted octanol–water partition coefficient (Wildman–Crippen LogP) is 5.48. The second kappa shape index (κ2) is 11.0. The van der Waals surface area contributed by atoms with Gasteiger partial charge in [0.1, 0.15) is 5.82 Å². The summed E-state index contributed by atoms with van der Waals surface area (Å²) in [6.07, 6.45) is 4.90. The van der Waals surface area contributed by atoms with E-state index in [4.69, 9.17) is 4.52 Å². The van der Waals surface area contributed by atoms with E-state index in [1.54, 1.807) is 6.08 Å². The van der Waals surface area contributed by atoms with Crippen molar-refractivity contribution in [3.63, 3.8) is 0 Å². The number of rotatable bonds is 11. The first-order valence-electron chi connectivity index (χ1n) is 10.9. The van der Waals surface area contributed by atoms with Crippen molar-refractivity contribution in [2.75, 3.05) is 11.4 Å². The highest BCUT2D eigenvalue weighted by atomic mass is 19.1. The fourth-order valence-electron chi connectivity index (χ4n) is 3.26. The van der Waals surface area contributed by atoms with E-state index in [1.165, 1.54) is 17.0 Å². The lowest BCUT2D eigenvalue weighted by Crippen LogP contribution is -2.32. The summed E-state index contributed by atoms with van der Waals surface area (Å²) in [6.45, 7) is 12.2. The average Bonchev–Trinajstić information content (AvgIpc) is 3.22. The van der Waals surface area contributed by atoms with Gasteiger partial charge in [0.25, 0.3) is 0 Å². The Morgan fingerprint density at radius 3 is 2.59 bits per heavy atom. The third kappa shape index (κ3) is 6.48. The molecule has 0 saturated carbocycles. The molecule has 1 heterocycles. The molecule has 0 aliphatic carbocycles. The third-order valence-electron chi connectivity index (χ3n) is 5.12. The number of carboxylic acid groups (broad SMARTS) is 1. The number of carbonyl (C=O) groups excluding carboxylic acids is 1. The van der Waals surface area contributed by atoms with Gasteiger partial charge in [0.2, 0.25) is 11.8 Å². The highest BCUT2D eigenvalue weighted by Gasteiger charge is 2.24. The summed E-state index contributed by atoms with van der Waals surface area (Å²) >= 11 is 0. The van der Waals surface area contributed by atoms with Gasteiger partial charge in [0, 0.05) is 24.1 Å². The van der Waals surface area contributed by atoms with Gasteiger partial charge in [0.05, 0.1) is 11.5 Å². The number of carbonyl (C=O) groups is 2. The molecule has 0 saturated heterocycles. The van der Waals surface area contributed by atoms with Crippen molar-refractivity contribution in [1.29, 1.82) is 0 Å². The zero-order valence-electron chi connectivity index (χ0n) is 19.2. The van der Waals surface area contributed by atoms with Crippen LogP contribution < -0.4 is 4.90 Å². The summed E-state index contributed by atoms with van der Waals surface area (Å²) in [5, 5.41) is 13.3. The van der Waals surface area contributed by atoms with E-state index in [1.807, 2.05) is 27.7 Å². The minimum Gasteiger partial charge on any atom is -0.478 e. The van der Waals surface area contributed by atoms with Crippen LogP contribution in [0.5, 0.6) is 0 Å². The van der Waals surface area contributed by atoms with Gasteiger partial charge < -0.3 is 14.5 Å². The Morgan fingerprint density at radius 1 is 1.31 bits per heavy atom. The molecule has 1 amide bonds. The molecule has 32 heavy (non-hydrogen) atoms. The molecule has 0 bridgehead atoms. The summed E-state index contributed by atoms with van der Waals surface area (Å²) < 4.78 is 19.2. The highest BCUT2D eigenvalue weighted by Crippen LogP contribution is 2.26. The fourth-order valence-corrected chi connectivity index (χ4v) is 3.26. The molecule has 0 aliphatic rings. The Hall–Kier alpha value is -3.03. The SMILES string of the molecule is C=CC(CCCCN(C(=O)CCC)c1ccc(F)c(C(=O)O)c1)c1nc(C(C)(C)C)no1. The smallest absolute Gasteiger partial charge is 0.338 e. The number of hydrogen-bond donors (Lipinski definition) is 1. The van der Waals surface area contributed by atoms with E-state index in [9.17, 15) is 19.1 Å². The van der Waals surface area contributed by atoms with Gasteiger partial charge in [-0.25, -0.2) is 9.18 Å². The van der Waals surface area contributed by atoms with Crippen molar-refractivity contribution >= 4 is 17.6 Å². The standard InChI is InChI=1S/C24H32FN3O4/c1-6-10-20(29)28(17-12-13-19(25)18(15-17)22(30)31)14-9-8-11-16(7-2)21-26-23(27-32-21)24(3,4)5/h7,12-13,15-16H,2,6,8-11,14H2,1,3-5H3,(H,30,31). The molecule has 2 aromatic rings. The molecular weight excluding hydrogens is 413 g/mol. The van der Waals surface area contributed by atoms with Crippen LogP contribution in [0.25, 0.3) is 0 Å². The number of anilines is 1. The number of aromatic nitrogens is 2. The normalized spacial score (nSPS) is 12.4. The van der Waals surface area contributed by atoms with Crippen LogP contribution in [0.4, 0.5) is 10.1 Å². The molecule has 0 fully saturated rings. The monoisotopic (exact) mass is 445 g/mol.